The molecule has 0 saturated carbocycles. The van der Waals surface area contributed by atoms with Crippen LogP contribution >= 0.6 is 11.3 Å². The van der Waals surface area contributed by atoms with E-state index < -0.39 is 5.63 Å². The normalized spacial score (nSPS) is 11.1. The van der Waals surface area contributed by atoms with Gasteiger partial charge in [-0.3, -0.25) is 0 Å². The first-order valence-electron chi connectivity index (χ1n) is 6.72. The Hall–Kier alpha value is -2.66. The lowest BCUT2D eigenvalue weighted by atomic mass is 10.1. The highest BCUT2D eigenvalue weighted by Crippen LogP contribution is 2.29. The van der Waals surface area contributed by atoms with Gasteiger partial charge >= 0.3 is 5.63 Å². The average molecular weight is 309 g/mol. The van der Waals surface area contributed by atoms with Crippen LogP contribution in [0.2, 0.25) is 0 Å². The van der Waals surface area contributed by atoms with Crippen molar-refractivity contribution in [3.8, 4) is 16.5 Å². The molecule has 4 aromatic rings. The molecule has 0 spiro atoms. The van der Waals surface area contributed by atoms with E-state index in [-0.39, 0.29) is 0 Å². The summed E-state index contributed by atoms with van der Waals surface area (Å²) in [6.45, 7) is 0. The first-order chi connectivity index (χ1) is 10.8. The molecule has 0 aliphatic carbocycles. The third-order valence-electron chi connectivity index (χ3n) is 3.56. The van der Waals surface area contributed by atoms with E-state index in [2.05, 4.69) is 4.98 Å². The van der Waals surface area contributed by atoms with Gasteiger partial charge in [-0.25, -0.2) is 9.78 Å². The van der Waals surface area contributed by atoms with Gasteiger partial charge in [0.2, 0.25) is 0 Å². The van der Waals surface area contributed by atoms with E-state index in [9.17, 15) is 4.79 Å². The molecule has 0 fully saturated rings. The second-order valence-electron chi connectivity index (χ2n) is 4.86. The maximum atomic E-state index is 12.3. The predicted octanol–water partition coefficient (Wildman–Crippen LogP) is 4.08. The Morgan fingerprint density at radius 2 is 1.95 bits per heavy atom. The number of aromatic nitrogens is 1. The van der Waals surface area contributed by atoms with Gasteiger partial charge in [0.1, 0.15) is 5.58 Å². The first kappa shape index (κ1) is 13.0. The molecule has 0 saturated heterocycles. The fourth-order valence-electron chi connectivity index (χ4n) is 2.50. The summed E-state index contributed by atoms with van der Waals surface area (Å²) in [7, 11) is 1.55. The van der Waals surface area contributed by atoms with Crippen LogP contribution in [0.15, 0.2) is 57.1 Å². The number of rotatable bonds is 2. The lowest BCUT2D eigenvalue weighted by molar-refractivity contribution is 0.412. The van der Waals surface area contributed by atoms with Crippen molar-refractivity contribution in [2.45, 2.75) is 0 Å². The SMILES string of the molecule is COc1nc(-c2cc3ccc4ccccc4c3oc2=O)cs1. The number of fused-ring (bicyclic) bond motifs is 3. The minimum Gasteiger partial charge on any atom is -0.473 e. The molecule has 0 bridgehead atoms. The van der Waals surface area contributed by atoms with E-state index in [1.54, 1.807) is 12.5 Å². The summed E-state index contributed by atoms with van der Waals surface area (Å²) in [4.78, 5) is 16.6. The fourth-order valence-corrected chi connectivity index (χ4v) is 3.14. The number of hydrogen-bond acceptors (Lipinski definition) is 5. The molecule has 0 unspecified atom stereocenters. The molecular weight excluding hydrogens is 298 g/mol. The highest BCUT2D eigenvalue weighted by molar-refractivity contribution is 7.11. The lowest BCUT2D eigenvalue weighted by Gasteiger charge is -2.03. The maximum Gasteiger partial charge on any atom is 0.345 e. The summed E-state index contributed by atoms with van der Waals surface area (Å²) in [5, 5.41) is 5.16. The van der Waals surface area contributed by atoms with Gasteiger partial charge in [-0.2, -0.15) is 0 Å². The Morgan fingerprint density at radius 1 is 1.14 bits per heavy atom. The zero-order valence-corrected chi connectivity index (χ0v) is 12.5. The van der Waals surface area contributed by atoms with Crippen molar-refractivity contribution < 1.29 is 9.15 Å². The first-order valence-corrected chi connectivity index (χ1v) is 7.60. The van der Waals surface area contributed by atoms with Gasteiger partial charge < -0.3 is 9.15 Å². The monoisotopic (exact) mass is 309 g/mol. The zero-order chi connectivity index (χ0) is 15.1. The molecule has 5 heteroatoms. The van der Waals surface area contributed by atoms with Gasteiger partial charge in [-0.15, -0.1) is 0 Å². The van der Waals surface area contributed by atoms with E-state index in [1.165, 1.54) is 11.3 Å². The van der Waals surface area contributed by atoms with Crippen molar-refractivity contribution in [1.29, 1.82) is 0 Å². The van der Waals surface area contributed by atoms with Crippen molar-refractivity contribution >= 4 is 33.1 Å². The van der Waals surface area contributed by atoms with E-state index in [0.717, 1.165) is 16.2 Å². The third kappa shape index (κ3) is 1.98. The fraction of sp³-hybridized carbons (Fsp3) is 0.0588. The molecule has 4 nitrogen and oxygen atoms in total. The highest BCUT2D eigenvalue weighted by atomic mass is 32.1. The predicted molar refractivity (Wildman–Crippen MR) is 87.7 cm³/mol. The smallest absolute Gasteiger partial charge is 0.345 e. The van der Waals surface area contributed by atoms with E-state index in [4.69, 9.17) is 9.15 Å². The van der Waals surface area contributed by atoms with Crippen LogP contribution in [0.1, 0.15) is 0 Å². The Labute approximate surface area is 129 Å². The van der Waals surface area contributed by atoms with Crippen LogP contribution in [-0.4, -0.2) is 12.1 Å². The Balaban J connectivity index is 2.00. The molecule has 0 N–H and O–H groups in total. The summed E-state index contributed by atoms with van der Waals surface area (Å²) in [6.07, 6.45) is 0. The molecule has 0 amide bonds. The van der Waals surface area contributed by atoms with Crippen LogP contribution in [0.25, 0.3) is 33.0 Å². The second kappa shape index (κ2) is 4.96. The van der Waals surface area contributed by atoms with Crippen molar-refractivity contribution in [3.05, 3.63) is 58.3 Å². The average Bonchev–Trinajstić information content (AvgIpc) is 3.03. The van der Waals surface area contributed by atoms with Crippen molar-refractivity contribution in [3.63, 3.8) is 0 Å². The maximum absolute atomic E-state index is 12.3. The van der Waals surface area contributed by atoms with E-state index in [0.29, 0.717) is 22.0 Å². The third-order valence-corrected chi connectivity index (χ3v) is 4.36. The molecule has 2 heterocycles. The number of methoxy groups -OCH3 is 1. The number of thiazole rings is 1. The van der Waals surface area contributed by atoms with Crippen LogP contribution in [0.4, 0.5) is 0 Å². The molecule has 2 aromatic heterocycles. The number of benzene rings is 2. The Bertz CT molecular complexity index is 1050. The molecule has 22 heavy (non-hydrogen) atoms. The van der Waals surface area contributed by atoms with Crippen LogP contribution in [0, 0.1) is 0 Å². The van der Waals surface area contributed by atoms with Gasteiger partial charge in [0, 0.05) is 16.2 Å². The van der Waals surface area contributed by atoms with Gasteiger partial charge in [0.15, 0.2) is 0 Å². The summed E-state index contributed by atoms with van der Waals surface area (Å²) in [6, 6.07) is 13.6. The van der Waals surface area contributed by atoms with Crippen molar-refractivity contribution in [2.75, 3.05) is 7.11 Å². The number of nitrogens with zero attached hydrogens (tertiary/aromatic N) is 1. The molecule has 0 aliphatic heterocycles. The summed E-state index contributed by atoms with van der Waals surface area (Å²) in [5.74, 6) is 0. The van der Waals surface area contributed by atoms with Crippen LogP contribution in [0.5, 0.6) is 5.19 Å². The summed E-state index contributed by atoms with van der Waals surface area (Å²) >= 11 is 1.35. The Morgan fingerprint density at radius 3 is 2.77 bits per heavy atom. The molecular formula is C17H11NO3S. The molecule has 0 radical (unpaired) electrons. The standard InChI is InChI=1S/C17H11NO3S/c1-20-17-18-14(9-22-17)13-8-11-7-6-10-4-2-3-5-12(10)15(11)21-16(13)19/h2-9H,1H3. The molecule has 0 atom stereocenters. The van der Waals surface area contributed by atoms with Crippen LogP contribution in [0.3, 0.4) is 0 Å². The topological polar surface area (TPSA) is 52.3 Å². The van der Waals surface area contributed by atoms with Gasteiger partial charge in [0.25, 0.3) is 5.19 Å². The second-order valence-corrected chi connectivity index (χ2v) is 5.68. The minimum atomic E-state index is -0.392. The van der Waals surface area contributed by atoms with E-state index >= 15 is 0 Å². The van der Waals surface area contributed by atoms with Crippen molar-refractivity contribution in [2.24, 2.45) is 0 Å². The van der Waals surface area contributed by atoms with E-state index in [1.807, 2.05) is 42.5 Å². The summed E-state index contributed by atoms with van der Waals surface area (Å²) in [5.41, 5.74) is 1.24. The van der Waals surface area contributed by atoms with Gasteiger partial charge in [-0.1, -0.05) is 47.7 Å². The largest absolute Gasteiger partial charge is 0.473 e. The van der Waals surface area contributed by atoms with Gasteiger partial charge in [-0.05, 0) is 11.5 Å². The number of ether oxygens (including phenoxy) is 1. The quantitative estimate of drug-likeness (QED) is 0.413. The van der Waals surface area contributed by atoms with Crippen LogP contribution < -0.4 is 10.4 Å². The van der Waals surface area contributed by atoms with Crippen molar-refractivity contribution in [1.82, 2.24) is 4.98 Å². The molecule has 4 rings (SSSR count). The Kier molecular flexibility index (Phi) is 2.94. The molecule has 0 aliphatic rings. The zero-order valence-electron chi connectivity index (χ0n) is 11.7. The lowest BCUT2D eigenvalue weighted by Crippen LogP contribution is -2.03. The van der Waals surface area contributed by atoms with Gasteiger partial charge in [0.05, 0.1) is 18.4 Å². The molecule has 108 valence electrons. The highest BCUT2D eigenvalue weighted by Gasteiger charge is 2.13. The molecule has 2 aromatic carbocycles. The summed E-state index contributed by atoms with van der Waals surface area (Å²) < 4.78 is 10.6. The number of hydrogen-bond donors (Lipinski definition) is 0. The minimum absolute atomic E-state index is 0.392. The van der Waals surface area contributed by atoms with Crippen LogP contribution in [-0.2, 0) is 0 Å².